The van der Waals surface area contributed by atoms with E-state index in [1.807, 2.05) is 22.6 Å². The van der Waals surface area contributed by atoms with Gasteiger partial charge >= 0.3 is 5.56 Å². The van der Waals surface area contributed by atoms with E-state index in [1.54, 1.807) is 14.0 Å². The van der Waals surface area contributed by atoms with E-state index in [1.165, 1.54) is 16.3 Å². The van der Waals surface area contributed by atoms with Crippen LogP contribution in [0, 0.1) is 0 Å². The minimum atomic E-state index is -0.241. The number of hydrogen-bond acceptors (Lipinski definition) is 4. The van der Waals surface area contributed by atoms with Gasteiger partial charge in [-0.3, -0.25) is 9.59 Å². The Morgan fingerprint density at radius 3 is 2.65 bits per heavy atom. The lowest BCUT2D eigenvalue weighted by Gasteiger charge is -2.31. The molecule has 0 unspecified atom stereocenters. The molecule has 2 aromatic heterocycles. The molecule has 7 nitrogen and oxygen atoms in total. The lowest BCUT2D eigenvalue weighted by Crippen LogP contribution is -2.37. The van der Waals surface area contributed by atoms with Crippen LogP contribution in [0.15, 0.2) is 29.2 Å². The van der Waals surface area contributed by atoms with Crippen LogP contribution >= 0.6 is 11.6 Å². The van der Waals surface area contributed by atoms with E-state index in [-0.39, 0.29) is 16.6 Å². The zero-order valence-corrected chi connectivity index (χ0v) is 16.0. The third-order valence-corrected chi connectivity index (χ3v) is 5.05. The maximum Gasteiger partial charge on any atom is 0.313 e. The first-order valence-corrected chi connectivity index (χ1v) is 8.99. The summed E-state index contributed by atoms with van der Waals surface area (Å²) in [5, 5.41) is 7.27. The Labute approximate surface area is 157 Å². The Morgan fingerprint density at radius 2 is 2.04 bits per heavy atom. The first-order valence-electron chi connectivity index (χ1n) is 8.61. The average molecular weight is 377 g/mol. The first-order chi connectivity index (χ1) is 12.3. The number of nitrogens with one attached hydrogen (secondary N) is 1. The van der Waals surface area contributed by atoms with Gasteiger partial charge in [-0.05, 0) is 30.4 Å². The van der Waals surface area contributed by atoms with E-state index >= 15 is 0 Å². The predicted octanol–water partition coefficient (Wildman–Crippen LogP) is 1.73. The third-order valence-electron chi connectivity index (χ3n) is 4.86. The molecule has 1 aliphatic heterocycles. The number of aryl methyl sites for hydroxylation is 2. The number of nitrogens with zero attached hydrogens (tertiary/aromatic N) is 4. The van der Waals surface area contributed by atoms with Gasteiger partial charge in [0.15, 0.2) is 10.8 Å². The number of likely N-dealkylation sites (tertiary alicyclic amines) is 1. The van der Waals surface area contributed by atoms with Gasteiger partial charge in [-0.25, -0.2) is 14.6 Å². The fourth-order valence-electron chi connectivity index (χ4n) is 3.33. The number of piperidine rings is 1. The Hall–Kier alpha value is -2.41. The Bertz CT molecular complexity index is 888. The lowest BCUT2D eigenvalue weighted by atomic mass is 9.90. The van der Waals surface area contributed by atoms with Crippen molar-refractivity contribution >= 4 is 29.0 Å². The highest BCUT2D eigenvalue weighted by molar-refractivity contribution is 6.29. The maximum absolute atomic E-state index is 12.2. The van der Waals surface area contributed by atoms with Crippen molar-refractivity contribution in [3.63, 3.8) is 0 Å². The van der Waals surface area contributed by atoms with Gasteiger partial charge in [0.2, 0.25) is 5.91 Å². The van der Waals surface area contributed by atoms with E-state index in [0.29, 0.717) is 11.6 Å². The second-order valence-corrected chi connectivity index (χ2v) is 7.06. The molecular formula is C18H23ClN5O2+. The van der Waals surface area contributed by atoms with Gasteiger partial charge in [0.1, 0.15) is 0 Å². The summed E-state index contributed by atoms with van der Waals surface area (Å²) in [6.45, 7) is 3.22. The second-order valence-electron chi connectivity index (χ2n) is 6.67. The maximum atomic E-state index is 12.2. The van der Waals surface area contributed by atoms with Crippen LogP contribution in [0.2, 0.25) is 5.15 Å². The number of pyridine rings is 1. The van der Waals surface area contributed by atoms with Crippen molar-refractivity contribution in [1.82, 2.24) is 14.7 Å². The van der Waals surface area contributed by atoms with Gasteiger partial charge in [0.25, 0.3) is 5.82 Å². The largest absolute Gasteiger partial charge is 0.343 e. The molecule has 0 bridgehead atoms. The van der Waals surface area contributed by atoms with Gasteiger partial charge in [-0.2, -0.15) is 5.10 Å². The SMILES string of the molecule is CC(=O)N1CCC(c2ccc(Nc3cc(Cl)nn(C)c3=O)[n+](C)c2)CC1. The molecule has 0 spiro atoms. The third kappa shape index (κ3) is 3.88. The first kappa shape index (κ1) is 18.4. The molecule has 138 valence electrons. The highest BCUT2D eigenvalue weighted by Gasteiger charge is 2.23. The van der Waals surface area contributed by atoms with E-state index in [2.05, 4.69) is 22.7 Å². The second kappa shape index (κ2) is 7.45. The van der Waals surface area contributed by atoms with Crippen LogP contribution in [0.3, 0.4) is 0 Å². The van der Waals surface area contributed by atoms with Crippen molar-refractivity contribution in [2.45, 2.75) is 25.7 Å². The van der Waals surface area contributed by atoms with Crippen molar-refractivity contribution < 1.29 is 9.36 Å². The molecule has 3 heterocycles. The summed E-state index contributed by atoms with van der Waals surface area (Å²) in [4.78, 5) is 25.5. The van der Waals surface area contributed by atoms with Gasteiger partial charge in [-0.1, -0.05) is 11.6 Å². The van der Waals surface area contributed by atoms with E-state index in [4.69, 9.17) is 11.6 Å². The number of rotatable bonds is 3. The summed E-state index contributed by atoms with van der Waals surface area (Å²) in [6, 6.07) is 5.55. The van der Waals surface area contributed by atoms with E-state index < -0.39 is 0 Å². The average Bonchev–Trinajstić information content (AvgIpc) is 2.61. The predicted molar refractivity (Wildman–Crippen MR) is 99.6 cm³/mol. The van der Waals surface area contributed by atoms with Crippen molar-refractivity contribution in [2.24, 2.45) is 14.1 Å². The van der Waals surface area contributed by atoms with Crippen molar-refractivity contribution in [2.75, 3.05) is 18.4 Å². The van der Waals surface area contributed by atoms with Crippen LogP contribution < -0.4 is 15.4 Å². The fraction of sp³-hybridized carbons (Fsp3) is 0.444. The van der Waals surface area contributed by atoms with Gasteiger partial charge in [-0.15, -0.1) is 0 Å². The van der Waals surface area contributed by atoms with Crippen LogP contribution in [0.25, 0.3) is 0 Å². The summed E-state index contributed by atoms with van der Waals surface area (Å²) in [7, 11) is 3.50. The number of carbonyl (C=O) groups excluding carboxylic acids is 1. The highest BCUT2D eigenvalue weighted by atomic mass is 35.5. The standard InChI is InChI=1S/C18H22ClN5O2/c1-12(25)24-8-6-13(7-9-24)14-4-5-17(22(2)11-14)20-15-10-16(19)21-23(3)18(15)26/h4-5,10-11,13H,6-9H2,1-3H3/p+1. The minimum Gasteiger partial charge on any atom is -0.343 e. The summed E-state index contributed by atoms with van der Waals surface area (Å²) in [5.41, 5.74) is 1.38. The van der Waals surface area contributed by atoms with Crippen LogP contribution in [-0.4, -0.2) is 33.7 Å². The molecule has 0 radical (unpaired) electrons. The number of anilines is 2. The quantitative estimate of drug-likeness (QED) is 0.828. The zero-order chi connectivity index (χ0) is 18.8. The summed E-state index contributed by atoms with van der Waals surface area (Å²) in [5.74, 6) is 1.37. The number of halogens is 1. The number of amides is 1. The molecule has 2 aromatic rings. The number of hydrogen-bond donors (Lipinski definition) is 1. The van der Waals surface area contributed by atoms with Crippen LogP contribution in [0.4, 0.5) is 11.5 Å². The van der Waals surface area contributed by atoms with Crippen LogP contribution in [-0.2, 0) is 18.9 Å². The molecule has 1 fully saturated rings. The molecular weight excluding hydrogens is 354 g/mol. The van der Waals surface area contributed by atoms with Crippen molar-refractivity contribution in [3.05, 3.63) is 45.5 Å². The lowest BCUT2D eigenvalue weighted by molar-refractivity contribution is -0.657. The molecule has 1 aliphatic rings. The Morgan fingerprint density at radius 1 is 1.35 bits per heavy atom. The molecule has 1 N–H and O–H groups in total. The van der Waals surface area contributed by atoms with Gasteiger partial charge < -0.3 is 4.90 Å². The van der Waals surface area contributed by atoms with E-state index in [9.17, 15) is 9.59 Å². The topological polar surface area (TPSA) is 71.1 Å². The molecule has 1 amide bonds. The van der Waals surface area contributed by atoms with Gasteiger partial charge in [0.05, 0.1) is 13.2 Å². The summed E-state index contributed by atoms with van der Waals surface area (Å²) in [6.07, 6.45) is 4.00. The molecule has 0 saturated carbocycles. The number of carbonyl (C=O) groups is 1. The smallest absolute Gasteiger partial charge is 0.313 e. The van der Waals surface area contributed by atoms with Crippen LogP contribution in [0.1, 0.15) is 31.2 Å². The Kier molecular flexibility index (Phi) is 5.27. The fourth-order valence-corrected chi connectivity index (χ4v) is 3.55. The molecule has 0 atom stereocenters. The van der Waals surface area contributed by atoms with Gasteiger partial charge in [0, 0.05) is 39.2 Å². The summed E-state index contributed by atoms with van der Waals surface area (Å²) >= 11 is 5.94. The monoisotopic (exact) mass is 376 g/mol. The molecule has 26 heavy (non-hydrogen) atoms. The van der Waals surface area contributed by atoms with E-state index in [0.717, 1.165) is 31.7 Å². The minimum absolute atomic E-state index is 0.145. The molecule has 0 aliphatic carbocycles. The number of aromatic nitrogens is 3. The molecule has 0 aromatic carbocycles. The molecule has 3 rings (SSSR count). The van der Waals surface area contributed by atoms with Crippen molar-refractivity contribution in [3.8, 4) is 0 Å². The Balaban J connectivity index is 1.77. The summed E-state index contributed by atoms with van der Waals surface area (Å²) < 4.78 is 3.17. The molecule has 8 heteroatoms. The van der Waals surface area contributed by atoms with Crippen LogP contribution in [0.5, 0.6) is 0 Å². The normalized spacial score (nSPS) is 15.2. The van der Waals surface area contributed by atoms with Crippen molar-refractivity contribution in [1.29, 1.82) is 0 Å². The molecule has 1 saturated heterocycles. The highest BCUT2D eigenvalue weighted by Crippen LogP contribution is 2.27. The zero-order valence-electron chi connectivity index (χ0n) is 15.2.